The monoisotopic (exact) mass is 472 g/mol. The summed E-state index contributed by atoms with van der Waals surface area (Å²) in [7, 11) is 0. The van der Waals surface area contributed by atoms with Crippen LogP contribution in [0.5, 0.6) is 5.75 Å². The van der Waals surface area contributed by atoms with Crippen molar-refractivity contribution in [3.05, 3.63) is 52.3 Å². The molecule has 0 saturated heterocycles. The maximum Gasteiger partial charge on any atom is 0.340 e. The highest BCUT2D eigenvalue weighted by atomic mass is 16.5. The Morgan fingerprint density at radius 1 is 0.941 bits per heavy atom. The molecular weight excluding hydrogens is 440 g/mol. The number of benzene rings is 1. The zero-order valence-corrected chi connectivity index (χ0v) is 20.4. The van der Waals surface area contributed by atoms with Gasteiger partial charge in [-0.3, -0.25) is 9.59 Å². The van der Waals surface area contributed by atoms with Crippen LogP contribution in [0.3, 0.4) is 0 Å². The fraction of sp³-hybridized carbons (Fsp3) is 0.440. The highest BCUT2D eigenvalue weighted by Gasteiger charge is 2.30. The minimum absolute atomic E-state index is 0.125. The number of ether oxygens (including phenoxy) is 3. The molecule has 0 fully saturated rings. The molecule has 2 rings (SSSR count). The molecule has 0 saturated carbocycles. The van der Waals surface area contributed by atoms with E-state index in [0.717, 1.165) is 0 Å². The first-order chi connectivity index (χ1) is 16.1. The average molecular weight is 473 g/mol. The number of carbonyl (C=O) groups is 4. The summed E-state index contributed by atoms with van der Waals surface area (Å²) in [5.41, 5.74) is 1.51. The first kappa shape index (κ1) is 26.6. The lowest BCUT2D eigenvalue weighted by Gasteiger charge is -2.21. The van der Waals surface area contributed by atoms with Crippen LogP contribution in [0.4, 0.5) is 0 Å². The zero-order chi connectivity index (χ0) is 25.4. The van der Waals surface area contributed by atoms with Gasteiger partial charge < -0.3 is 24.5 Å². The van der Waals surface area contributed by atoms with Crippen LogP contribution in [-0.4, -0.2) is 54.5 Å². The Hall–Kier alpha value is -3.62. The molecule has 34 heavy (non-hydrogen) atoms. The predicted molar refractivity (Wildman–Crippen MR) is 125 cm³/mol. The largest absolute Gasteiger partial charge is 0.493 e. The number of aryl methyl sites for hydroxylation is 2. The molecule has 2 aromatic rings. The van der Waals surface area contributed by atoms with Gasteiger partial charge in [0, 0.05) is 11.4 Å². The lowest BCUT2D eigenvalue weighted by atomic mass is 10.0. The van der Waals surface area contributed by atoms with Crippen LogP contribution in [0.15, 0.2) is 24.3 Å². The molecule has 0 unspecified atom stereocenters. The molecule has 184 valence electrons. The fourth-order valence-electron chi connectivity index (χ4n) is 3.54. The van der Waals surface area contributed by atoms with Crippen LogP contribution in [0.25, 0.3) is 0 Å². The number of nitrogens with one attached hydrogen (secondary N) is 2. The van der Waals surface area contributed by atoms with E-state index in [0.29, 0.717) is 23.7 Å². The Bertz CT molecular complexity index is 1060. The molecule has 0 aliphatic rings. The topological polar surface area (TPSA) is 124 Å². The number of rotatable bonds is 11. The second-order valence-electron chi connectivity index (χ2n) is 8.00. The second kappa shape index (κ2) is 12.0. The van der Waals surface area contributed by atoms with Crippen molar-refractivity contribution in [1.82, 2.24) is 10.3 Å². The number of hydrogen-bond donors (Lipinski definition) is 2. The maximum absolute atomic E-state index is 12.9. The van der Waals surface area contributed by atoms with E-state index in [9.17, 15) is 19.2 Å². The number of ketones is 1. The van der Waals surface area contributed by atoms with Gasteiger partial charge in [0.15, 0.2) is 6.61 Å². The normalized spacial score (nSPS) is 11.6. The van der Waals surface area contributed by atoms with Gasteiger partial charge in [0.1, 0.15) is 11.8 Å². The fourth-order valence-corrected chi connectivity index (χ4v) is 3.54. The van der Waals surface area contributed by atoms with Gasteiger partial charge in [0.2, 0.25) is 5.78 Å². The number of para-hydroxylation sites is 1. The quantitative estimate of drug-likeness (QED) is 0.379. The highest BCUT2D eigenvalue weighted by molar-refractivity contribution is 6.09. The van der Waals surface area contributed by atoms with E-state index in [2.05, 4.69) is 10.3 Å². The van der Waals surface area contributed by atoms with Crippen molar-refractivity contribution in [3.8, 4) is 5.75 Å². The smallest absolute Gasteiger partial charge is 0.340 e. The molecule has 1 aromatic carbocycles. The Labute approximate surface area is 199 Å². The molecule has 2 N–H and O–H groups in total. The van der Waals surface area contributed by atoms with Crippen molar-refractivity contribution in [1.29, 1.82) is 0 Å². The summed E-state index contributed by atoms with van der Waals surface area (Å²) in [6.45, 7) is 10.2. The van der Waals surface area contributed by atoms with Crippen molar-refractivity contribution < 1.29 is 33.4 Å². The van der Waals surface area contributed by atoms with Crippen LogP contribution >= 0.6 is 0 Å². The molecule has 9 nitrogen and oxygen atoms in total. The first-order valence-corrected chi connectivity index (χ1v) is 11.2. The number of aromatic amines is 1. The van der Waals surface area contributed by atoms with E-state index >= 15 is 0 Å². The van der Waals surface area contributed by atoms with Crippen molar-refractivity contribution in [2.24, 2.45) is 5.92 Å². The average Bonchev–Trinajstić information content (AvgIpc) is 3.09. The van der Waals surface area contributed by atoms with Crippen molar-refractivity contribution in [2.75, 3.05) is 19.8 Å². The number of hydrogen-bond acceptors (Lipinski definition) is 7. The third-order valence-corrected chi connectivity index (χ3v) is 5.12. The van der Waals surface area contributed by atoms with Gasteiger partial charge in [0.05, 0.1) is 29.9 Å². The summed E-state index contributed by atoms with van der Waals surface area (Å²) >= 11 is 0. The molecule has 0 aliphatic carbocycles. The van der Waals surface area contributed by atoms with Gasteiger partial charge in [-0.25, -0.2) is 9.59 Å². The Balaban J connectivity index is 2.14. The minimum atomic E-state index is -0.992. The minimum Gasteiger partial charge on any atom is -0.493 e. The van der Waals surface area contributed by atoms with Gasteiger partial charge in [-0.05, 0) is 45.7 Å². The maximum atomic E-state index is 12.9. The van der Waals surface area contributed by atoms with Crippen LogP contribution in [0.2, 0.25) is 0 Å². The van der Waals surface area contributed by atoms with Crippen LogP contribution in [0.1, 0.15) is 70.2 Å². The van der Waals surface area contributed by atoms with E-state index in [1.54, 1.807) is 65.8 Å². The SMILES string of the molecule is CCOC(=O)c1c(C)[nH]c(C)c1C(=O)COC(=O)[C@H](NC(=O)c1ccccc1OCC)C(C)C. The standard InChI is InChI=1S/C25H32N2O7/c1-7-32-19-12-10-9-11-17(19)23(29)27-22(14(3)4)25(31)34-13-18(28)20-15(5)26-16(6)21(20)24(30)33-8-2/h9-12,14,22,26H,7-8,13H2,1-6H3,(H,27,29)/t22-/m1/s1. The van der Waals surface area contributed by atoms with E-state index in [-0.39, 0.29) is 29.2 Å². The van der Waals surface area contributed by atoms with Crippen molar-refractivity contribution in [3.63, 3.8) is 0 Å². The van der Waals surface area contributed by atoms with Crippen LogP contribution in [0, 0.1) is 19.8 Å². The summed E-state index contributed by atoms with van der Waals surface area (Å²) in [6.07, 6.45) is 0. The molecule has 1 heterocycles. The first-order valence-electron chi connectivity index (χ1n) is 11.2. The zero-order valence-electron chi connectivity index (χ0n) is 20.4. The van der Waals surface area contributed by atoms with Crippen molar-refractivity contribution >= 4 is 23.6 Å². The number of esters is 2. The number of amides is 1. The Kier molecular flexibility index (Phi) is 9.41. The van der Waals surface area contributed by atoms with Gasteiger partial charge in [0.25, 0.3) is 5.91 Å². The summed E-state index contributed by atoms with van der Waals surface area (Å²) < 4.78 is 15.8. The Morgan fingerprint density at radius 3 is 2.21 bits per heavy atom. The molecule has 0 spiro atoms. The Morgan fingerprint density at radius 2 is 1.59 bits per heavy atom. The molecule has 1 amide bonds. The van der Waals surface area contributed by atoms with Gasteiger partial charge in [-0.2, -0.15) is 0 Å². The predicted octanol–water partition coefficient (Wildman–Crippen LogP) is 3.39. The van der Waals surface area contributed by atoms with E-state index < -0.39 is 36.3 Å². The molecule has 1 atom stereocenters. The molecule has 0 bridgehead atoms. The molecule has 1 aromatic heterocycles. The summed E-state index contributed by atoms with van der Waals surface area (Å²) in [4.78, 5) is 53.7. The lowest BCUT2D eigenvalue weighted by Crippen LogP contribution is -2.45. The number of carbonyl (C=O) groups excluding carboxylic acids is 4. The third-order valence-electron chi connectivity index (χ3n) is 5.12. The third kappa shape index (κ3) is 6.24. The molecular formula is C25H32N2O7. The van der Waals surface area contributed by atoms with Crippen molar-refractivity contribution in [2.45, 2.75) is 47.6 Å². The summed E-state index contributed by atoms with van der Waals surface area (Å²) in [5.74, 6) is -2.33. The summed E-state index contributed by atoms with van der Waals surface area (Å²) in [6, 6.07) is 5.72. The number of Topliss-reactive ketones (excluding diaryl/α,β-unsaturated/α-hetero) is 1. The number of aromatic nitrogens is 1. The highest BCUT2D eigenvalue weighted by Crippen LogP contribution is 2.21. The lowest BCUT2D eigenvalue weighted by molar-refractivity contribution is -0.145. The molecule has 0 aliphatic heterocycles. The number of H-pyrrole nitrogens is 1. The van der Waals surface area contributed by atoms with Gasteiger partial charge >= 0.3 is 11.9 Å². The van der Waals surface area contributed by atoms with E-state index in [1.807, 2.05) is 0 Å². The van der Waals surface area contributed by atoms with Gasteiger partial charge in [-0.1, -0.05) is 26.0 Å². The van der Waals surface area contributed by atoms with Crippen LogP contribution < -0.4 is 10.1 Å². The molecule has 0 radical (unpaired) electrons. The van der Waals surface area contributed by atoms with Gasteiger partial charge in [-0.15, -0.1) is 0 Å². The van der Waals surface area contributed by atoms with Crippen LogP contribution in [-0.2, 0) is 14.3 Å². The van der Waals surface area contributed by atoms with E-state index in [4.69, 9.17) is 14.2 Å². The summed E-state index contributed by atoms with van der Waals surface area (Å²) in [5, 5.41) is 2.67. The second-order valence-corrected chi connectivity index (χ2v) is 8.00. The van der Waals surface area contributed by atoms with E-state index in [1.165, 1.54) is 0 Å². The molecule has 9 heteroatoms.